The third-order valence-electron chi connectivity index (χ3n) is 4.74. The number of ether oxygens (including phenoxy) is 2. The van der Waals surface area contributed by atoms with E-state index in [-0.39, 0.29) is 0 Å². The molecule has 0 spiro atoms. The Morgan fingerprint density at radius 3 is 2.45 bits per heavy atom. The number of nitrogens with one attached hydrogen (secondary N) is 1. The van der Waals surface area contributed by atoms with Gasteiger partial charge in [0.15, 0.2) is 0 Å². The van der Waals surface area contributed by atoms with E-state index in [1.807, 2.05) is 0 Å². The van der Waals surface area contributed by atoms with E-state index in [0.29, 0.717) is 18.1 Å². The lowest BCUT2D eigenvalue weighted by atomic mass is 9.67. The normalized spacial score (nSPS) is 27.8. The van der Waals surface area contributed by atoms with E-state index in [9.17, 15) is 0 Å². The van der Waals surface area contributed by atoms with Gasteiger partial charge < -0.3 is 14.8 Å². The summed E-state index contributed by atoms with van der Waals surface area (Å²) in [6.07, 6.45) is 5.20. The molecule has 0 aliphatic heterocycles. The predicted octanol–water partition coefficient (Wildman–Crippen LogP) is 3.48. The standard InChI is InChI=1S/C17H35NO2/c1-6-18-16-8-7-15(17(2,3)4)13-14(16)9-10-20-12-11-19-5/h14-16,18H,6-13H2,1-5H3. The second-order valence-electron chi connectivity index (χ2n) is 7.19. The Morgan fingerprint density at radius 2 is 1.85 bits per heavy atom. The molecule has 1 aliphatic carbocycles. The highest BCUT2D eigenvalue weighted by molar-refractivity contribution is 4.88. The molecular weight excluding hydrogens is 250 g/mol. The van der Waals surface area contributed by atoms with E-state index in [0.717, 1.165) is 31.6 Å². The first kappa shape index (κ1) is 17.9. The van der Waals surface area contributed by atoms with Gasteiger partial charge in [-0.15, -0.1) is 0 Å². The van der Waals surface area contributed by atoms with Gasteiger partial charge >= 0.3 is 0 Å². The van der Waals surface area contributed by atoms with Gasteiger partial charge in [0.2, 0.25) is 0 Å². The van der Waals surface area contributed by atoms with Crippen LogP contribution in [0.1, 0.15) is 53.4 Å². The van der Waals surface area contributed by atoms with Crippen molar-refractivity contribution in [3.05, 3.63) is 0 Å². The molecule has 0 heterocycles. The van der Waals surface area contributed by atoms with E-state index in [4.69, 9.17) is 9.47 Å². The minimum atomic E-state index is 0.437. The molecule has 20 heavy (non-hydrogen) atoms. The highest BCUT2D eigenvalue weighted by Crippen LogP contribution is 2.41. The Bertz CT molecular complexity index is 250. The number of rotatable bonds is 8. The Kier molecular flexibility index (Phi) is 8.08. The van der Waals surface area contributed by atoms with E-state index in [1.54, 1.807) is 7.11 Å². The van der Waals surface area contributed by atoms with Crippen LogP contribution in [0.2, 0.25) is 0 Å². The maximum atomic E-state index is 5.67. The summed E-state index contributed by atoms with van der Waals surface area (Å²) in [5.41, 5.74) is 0.437. The van der Waals surface area contributed by atoms with Gasteiger partial charge in [0, 0.05) is 19.8 Å². The molecule has 0 aromatic carbocycles. The average molecular weight is 285 g/mol. The molecular formula is C17H35NO2. The van der Waals surface area contributed by atoms with Crippen LogP contribution in [0.5, 0.6) is 0 Å². The van der Waals surface area contributed by atoms with Crippen LogP contribution >= 0.6 is 0 Å². The summed E-state index contributed by atoms with van der Waals surface area (Å²) in [4.78, 5) is 0. The molecule has 0 radical (unpaired) electrons. The van der Waals surface area contributed by atoms with Crippen molar-refractivity contribution >= 4 is 0 Å². The molecule has 1 N–H and O–H groups in total. The third kappa shape index (κ3) is 6.11. The van der Waals surface area contributed by atoms with Crippen molar-refractivity contribution in [2.45, 2.75) is 59.4 Å². The van der Waals surface area contributed by atoms with Crippen LogP contribution in [-0.4, -0.2) is 39.5 Å². The number of methoxy groups -OCH3 is 1. The summed E-state index contributed by atoms with van der Waals surface area (Å²) in [7, 11) is 1.72. The van der Waals surface area contributed by atoms with Gasteiger partial charge in [-0.05, 0) is 49.5 Å². The summed E-state index contributed by atoms with van der Waals surface area (Å²) in [6.45, 7) is 12.7. The van der Waals surface area contributed by atoms with Crippen LogP contribution in [0.4, 0.5) is 0 Å². The minimum Gasteiger partial charge on any atom is -0.382 e. The Morgan fingerprint density at radius 1 is 1.10 bits per heavy atom. The Labute approximate surface area is 125 Å². The van der Waals surface area contributed by atoms with Crippen molar-refractivity contribution in [1.29, 1.82) is 0 Å². The summed E-state index contributed by atoms with van der Waals surface area (Å²) in [5, 5.41) is 3.68. The SMILES string of the molecule is CCNC1CCC(C(C)(C)C)CC1CCOCCOC. The molecule has 120 valence electrons. The van der Waals surface area contributed by atoms with Crippen LogP contribution in [0.15, 0.2) is 0 Å². The molecule has 1 fully saturated rings. The van der Waals surface area contributed by atoms with E-state index in [1.165, 1.54) is 25.7 Å². The largest absolute Gasteiger partial charge is 0.382 e. The Hall–Kier alpha value is -0.120. The van der Waals surface area contributed by atoms with Crippen LogP contribution in [0.3, 0.4) is 0 Å². The van der Waals surface area contributed by atoms with Gasteiger partial charge in [0.1, 0.15) is 0 Å². The van der Waals surface area contributed by atoms with Crippen molar-refractivity contribution in [3.63, 3.8) is 0 Å². The van der Waals surface area contributed by atoms with Gasteiger partial charge in [-0.25, -0.2) is 0 Å². The van der Waals surface area contributed by atoms with E-state index >= 15 is 0 Å². The van der Waals surface area contributed by atoms with Gasteiger partial charge in [0.25, 0.3) is 0 Å². The number of hydrogen-bond donors (Lipinski definition) is 1. The summed E-state index contributed by atoms with van der Waals surface area (Å²) < 4.78 is 10.7. The average Bonchev–Trinajstić information content (AvgIpc) is 2.39. The highest BCUT2D eigenvalue weighted by atomic mass is 16.5. The quantitative estimate of drug-likeness (QED) is 0.693. The van der Waals surface area contributed by atoms with Gasteiger partial charge in [-0.2, -0.15) is 0 Å². The lowest BCUT2D eigenvalue weighted by Crippen LogP contribution is -2.43. The molecule has 0 bridgehead atoms. The fourth-order valence-electron chi connectivity index (χ4n) is 3.38. The predicted molar refractivity (Wildman–Crippen MR) is 85.1 cm³/mol. The third-order valence-corrected chi connectivity index (χ3v) is 4.74. The first-order valence-electron chi connectivity index (χ1n) is 8.29. The van der Waals surface area contributed by atoms with Crippen LogP contribution < -0.4 is 5.32 Å². The first-order chi connectivity index (χ1) is 9.49. The molecule has 0 aromatic rings. The van der Waals surface area contributed by atoms with Crippen molar-refractivity contribution in [2.24, 2.45) is 17.3 Å². The molecule has 0 saturated heterocycles. The molecule has 1 rings (SSSR count). The zero-order chi connectivity index (χ0) is 15.0. The topological polar surface area (TPSA) is 30.5 Å². The zero-order valence-corrected chi connectivity index (χ0v) is 14.2. The molecule has 3 unspecified atom stereocenters. The van der Waals surface area contributed by atoms with Gasteiger partial charge in [0.05, 0.1) is 13.2 Å². The molecule has 0 amide bonds. The van der Waals surface area contributed by atoms with Crippen LogP contribution in [0.25, 0.3) is 0 Å². The Balaban J connectivity index is 2.42. The van der Waals surface area contributed by atoms with Crippen molar-refractivity contribution in [1.82, 2.24) is 5.32 Å². The fourth-order valence-corrected chi connectivity index (χ4v) is 3.38. The summed E-state index contributed by atoms with van der Waals surface area (Å²) in [6, 6.07) is 0.685. The second-order valence-corrected chi connectivity index (χ2v) is 7.19. The smallest absolute Gasteiger partial charge is 0.0700 e. The lowest BCUT2D eigenvalue weighted by Gasteiger charge is -2.42. The summed E-state index contributed by atoms with van der Waals surface area (Å²) >= 11 is 0. The highest BCUT2D eigenvalue weighted by Gasteiger charge is 2.35. The number of hydrogen-bond acceptors (Lipinski definition) is 3. The molecule has 3 atom stereocenters. The molecule has 1 aliphatic rings. The van der Waals surface area contributed by atoms with Gasteiger partial charge in [-0.3, -0.25) is 0 Å². The monoisotopic (exact) mass is 285 g/mol. The van der Waals surface area contributed by atoms with E-state index in [2.05, 4.69) is 33.0 Å². The lowest BCUT2D eigenvalue weighted by molar-refractivity contribution is 0.0463. The molecule has 3 nitrogen and oxygen atoms in total. The maximum Gasteiger partial charge on any atom is 0.0700 e. The van der Waals surface area contributed by atoms with Gasteiger partial charge in [-0.1, -0.05) is 27.7 Å². The van der Waals surface area contributed by atoms with Crippen LogP contribution in [0, 0.1) is 17.3 Å². The molecule has 0 aromatic heterocycles. The summed E-state index contributed by atoms with van der Waals surface area (Å²) in [5.74, 6) is 1.61. The minimum absolute atomic E-state index is 0.437. The van der Waals surface area contributed by atoms with E-state index < -0.39 is 0 Å². The second kappa shape index (κ2) is 9.01. The van der Waals surface area contributed by atoms with Crippen LogP contribution in [-0.2, 0) is 9.47 Å². The van der Waals surface area contributed by atoms with Crippen molar-refractivity contribution < 1.29 is 9.47 Å². The van der Waals surface area contributed by atoms with Crippen molar-refractivity contribution in [3.8, 4) is 0 Å². The fraction of sp³-hybridized carbons (Fsp3) is 1.00. The van der Waals surface area contributed by atoms with Crippen molar-refractivity contribution in [2.75, 3.05) is 33.5 Å². The molecule has 3 heteroatoms. The molecule has 1 saturated carbocycles. The first-order valence-corrected chi connectivity index (χ1v) is 8.29. The maximum absolute atomic E-state index is 5.67. The zero-order valence-electron chi connectivity index (χ0n) is 14.2.